The normalized spacial score (nSPS) is 12.9. The fourth-order valence-corrected chi connectivity index (χ4v) is 3.77. The molecule has 2 N–H and O–H groups in total. The van der Waals surface area contributed by atoms with Crippen LogP contribution in [0.5, 0.6) is 0 Å². The smallest absolute Gasteiger partial charge is 0.191 e. The summed E-state index contributed by atoms with van der Waals surface area (Å²) >= 11 is 3.62. The van der Waals surface area contributed by atoms with Crippen molar-refractivity contribution in [3.05, 3.63) is 46.4 Å². The molecule has 0 radical (unpaired) electrons. The van der Waals surface area contributed by atoms with Crippen LogP contribution in [0.4, 0.5) is 0 Å². The summed E-state index contributed by atoms with van der Waals surface area (Å²) in [4.78, 5) is 11.2. The van der Waals surface area contributed by atoms with Crippen molar-refractivity contribution in [3.8, 4) is 0 Å². The van der Waals surface area contributed by atoms with E-state index in [4.69, 9.17) is 0 Å². The topological polar surface area (TPSA) is 49.3 Å². The second-order valence-corrected chi connectivity index (χ2v) is 8.07. The van der Waals surface area contributed by atoms with E-state index in [2.05, 4.69) is 58.7 Å². The number of nitrogens with one attached hydrogen (secondary N) is 2. The number of hydrogen-bond acceptors (Lipinski definition) is 4. The van der Waals surface area contributed by atoms with E-state index in [9.17, 15) is 0 Å². The van der Waals surface area contributed by atoms with E-state index in [0.717, 1.165) is 25.5 Å². The fraction of sp³-hybridized carbons (Fsp3) is 0.412. The van der Waals surface area contributed by atoms with Gasteiger partial charge in [-0.05, 0) is 19.1 Å². The van der Waals surface area contributed by atoms with Crippen molar-refractivity contribution >= 4 is 29.1 Å². The number of aliphatic imine (C=N–C) groups is 1. The van der Waals surface area contributed by atoms with E-state index in [1.165, 1.54) is 14.8 Å². The highest BCUT2D eigenvalue weighted by Gasteiger charge is 2.06. The second-order valence-electron chi connectivity index (χ2n) is 5.24. The van der Waals surface area contributed by atoms with Gasteiger partial charge in [0.25, 0.3) is 0 Å². The summed E-state index contributed by atoms with van der Waals surface area (Å²) in [5.74, 6) is 0.846. The maximum atomic E-state index is 4.37. The number of thioether (sulfide) groups is 1. The monoisotopic (exact) mass is 348 g/mol. The molecule has 0 amide bonds. The molecule has 0 aliphatic rings. The van der Waals surface area contributed by atoms with Crippen LogP contribution >= 0.6 is 23.1 Å². The molecule has 1 aromatic carbocycles. The summed E-state index contributed by atoms with van der Waals surface area (Å²) in [5, 5.41) is 8.36. The molecular weight excluding hydrogens is 324 g/mol. The van der Waals surface area contributed by atoms with Crippen molar-refractivity contribution in [2.24, 2.45) is 4.99 Å². The van der Waals surface area contributed by atoms with Gasteiger partial charge in [-0.2, -0.15) is 0 Å². The van der Waals surface area contributed by atoms with Crippen LogP contribution in [0.2, 0.25) is 0 Å². The quantitative estimate of drug-likeness (QED) is 0.458. The van der Waals surface area contributed by atoms with Crippen LogP contribution in [0.1, 0.15) is 16.8 Å². The predicted octanol–water partition coefficient (Wildman–Crippen LogP) is 3.34. The molecule has 0 bridgehead atoms. The number of benzene rings is 1. The molecule has 2 rings (SSSR count). The molecule has 1 aromatic heterocycles. The van der Waals surface area contributed by atoms with Crippen molar-refractivity contribution < 1.29 is 0 Å². The van der Waals surface area contributed by atoms with Gasteiger partial charge in [0.15, 0.2) is 5.96 Å². The highest BCUT2D eigenvalue weighted by Crippen LogP contribution is 2.21. The minimum absolute atomic E-state index is 0.470. The van der Waals surface area contributed by atoms with Gasteiger partial charge in [-0.25, -0.2) is 4.98 Å². The molecule has 4 nitrogen and oxygen atoms in total. The Morgan fingerprint density at radius 2 is 2.09 bits per heavy atom. The lowest BCUT2D eigenvalue weighted by molar-refractivity contribution is 0.779. The Hall–Kier alpha value is -1.53. The number of nitrogens with zero attached hydrogens (tertiary/aromatic N) is 2. The van der Waals surface area contributed by atoms with Crippen molar-refractivity contribution in [3.63, 3.8) is 0 Å². The second kappa shape index (κ2) is 9.57. The molecule has 6 heteroatoms. The van der Waals surface area contributed by atoms with Gasteiger partial charge >= 0.3 is 0 Å². The van der Waals surface area contributed by atoms with E-state index in [1.54, 1.807) is 18.4 Å². The van der Waals surface area contributed by atoms with Crippen LogP contribution < -0.4 is 10.6 Å². The van der Waals surface area contributed by atoms with E-state index in [-0.39, 0.29) is 0 Å². The Kier molecular flexibility index (Phi) is 7.42. The summed E-state index contributed by atoms with van der Waals surface area (Å²) < 4.78 is 0. The Labute approximate surface area is 146 Å². The lowest BCUT2D eigenvalue weighted by Gasteiger charge is -2.15. The zero-order valence-electron chi connectivity index (χ0n) is 13.9. The standard InChI is InChI=1S/C17H24N4S2/c1-13(22-15-7-5-4-6-8-15)12-21-17(18-3)19-10-9-16-20-11-14(2)23-16/h4-8,11,13H,9-10,12H2,1-3H3,(H2,18,19,21). The van der Waals surface area contributed by atoms with Crippen LogP contribution in [0.25, 0.3) is 0 Å². The van der Waals surface area contributed by atoms with Gasteiger partial charge in [0.1, 0.15) is 0 Å². The highest BCUT2D eigenvalue weighted by atomic mass is 32.2. The minimum Gasteiger partial charge on any atom is -0.356 e. The Morgan fingerprint density at radius 1 is 1.30 bits per heavy atom. The van der Waals surface area contributed by atoms with Gasteiger partial charge < -0.3 is 10.6 Å². The number of aryl methyl sites for hydroxylation is 1. The lowest BCUT2D eigenvalue weighted by Crippen LogP contribution is -2.40. The molecular formula is C17H24N4S2. The maximum Gasteiger partial charge on any atom is 0.191 e. The van der Waals surface area contributed by atoms with Crippen LogP contribution in [0, 0.1) is 6.92 Å². The first-order valence-corrected chi connectivity index (χ1v) is 9.44. The summed E-state index contributed by atoms with van der Waals surface area (Å²) in [5.41, 5.74) is 0. The van der Waals surface area contributed by atoms with Crippen LogP contribution in [0.15, 0.2) is 46.4 Å². The van der Waals surface area contributed by atoms with E-state index >= 15 is 0 Å². The first-order chi connectivity index (χ1) is 11.2. The van der Waals surface area contributed by atoms with Gasteiger partial charge in [0, 0.05) is 47.8 Å². The first-order valence-electron chi connectivity index (χ1n) is 7.75. The highest BCUT2D eigenvalue weighted by molar-refractivity contribution is 8.00. The number of rotatable bonds is 7. The van der Waals surface area contributed by atoms with Crippen LogP contribution in [-0.2, 0) is 6.42 Å². The van der Waals surface area contributed by atoms with Gasteiger partial charge in [-0.1, -0.05) is 25.1 Å². The average molecular weight is 349 g/mol. The van der Waals surface area contributed by atoms with Crippen LogP contribution in [0.3, 0.4) is 0 Å². The Bertz CT molecular complexity index is 610. The Balaban J connectivity index is 1.68. The zero-order valence-corrected chi connectivity index (χ0v) is 15.5. The third-order valence-electron chi connectivity index (χ3n) is 3.16. The Morgan fingerprint density at radius 3 is 2.74 bits per heavy atom. The molecule has 0 saturated carbocycles. The predicted molar refractivity (Wildman–Crippen MR) is 102 cm³/mol. The number of guanidine groups is 1. The third-order valence-corrected chi connectivity index (χ3v) is 5.25. The lowest BCUT2D eigenvalue weighted by atomic mass is 10.4. The van der Waals surface area contributed by atoms with Crippen molar-refractivity contribution in [2.75, 3.05) is 20.1 Å². The molecule has 0 saturated heterocycles. The molecule has 0 spiro atoms. The number of aromatic nitrogens is 1. The SMILES string of the molecule is CN=C(NCCc1ncc(C)s1)NCC(C)Sc1ccccc1. The largest absolute Gasteiger partial charge is 0.356 e. The average Bonchev–Trinajstić information content (AvgIpc) is 2.97. The summed E-state index contributed by atoms with van der Waals surface area (Å²) in [6.07, 6.45) is 2.85. The van der Waals surface area contributed by atoms with Crippen LogP contribution in [-0.4, -0.2) is 36.3 Å². The molecule has 0 aliphatic carbocycles. The molecule has 1 atom stereocenters. The number of thiazole rings is 1. The van der Waals surface area contributed by atoms with E-state index in [1.807, 2.05) is 24.0 Å². The maximum absolute atomic E-state index is 4.37. The third kappa shape index (κ3) is 6.62. The van der Waals surface area contributed by atoms with Crippen molar-refractivity contribution in [1.29, 1.82) is 0 Å². The molecule has 1 unspecified atom stereocenters. The van der Waals surface area contributed by atoms with Crippen molar-refractivity contribution in [1.82, 2.24) is 15.6 Å². The molecule has 2 aromatic rings. The molecule has 124 valence electrons. The van der Waals surface area contributed by atoms with Gasteiger partial charge in [-0.15, -0.1) is 23.1 Å². The molecule has 0 aliphatic heterocycles. The summed E-state index contributed by atoms with van der Waals surface area (Å²) in [6, 6.07) is 10.5. The van der Waals surface area contributed by atoms with E-state index < -0.39 is 0 Å². The molecule has 0 fully saturated rings. The zero-order chi connectivity index (χ0) is 16.5. The summed E-state index contributed by atoms with van der Waals surface area (Å²) in [7, 11) is 1.80. The first kappa shape index (κ1) is 17.8. The fourth-order valence-electron chi connectivity index (χ4n) is 2.04. The van der Waals surface area contributed by atoms with Gasteiger partial charge in [0.2, 0.25) is 0 Å². The van der Waals surface area contributed by atoms with Gasteiger partial charge in [-0.3, -0.25) is 4.99 Å². The molecule has 1 heterocycles. The minimum atomic E-state index is 0.470. The number of hydrogen-bond donors (Lipinski definition) is 2. The summed E-state index contributed by atoms with van der Waals surface area (Å²) in [6.45, 7) is 6.01. The molecule has 23 heavy (non-hydrogen) atoms. The van der Waals surface area contributed by atoms with Crippen molar-refractivity contribution in [2.45, 2.75) is 30.4 Å². The van der Waals surface area contributed by atoms with E-state index in [0.29, 0.717) is 5.25 Å². The van der Waals surface area contributed by atoms with Gasteiger partial charge in [0.05, 0.1) is 5.01 Å².